The van der Waals surface area contributed by atoms with Gasteiger partial charge in [-0.2, -0.15) is 0 Å². The summed E-state index contributed by atoms with van der Waals surface area (Å²) in [5.41, 5.74) is 0.767. The number of hydrogen-bond acceptors (Lipinski definition) is 6. The molecule has 0 bridgehead atoms. The average Bonchev–Trinajstić information content (AvgIpc) is 3.48. The quantitative estimate of drug-likeness (QED) is 0.471. The first-order valence-corrected chi connectivity index (χ1v) is 12.1. The maximum absolute atomic E-state index is 14.4. The first-order chi connectivity index (χ1) is 17.6. The molecule has 192 valence electrons. The minimum atomic E-state index is -0.821. The van der Waals surface area contributed by atoms with Gasteiger partial charge in [0.15, 0.2) is 5.82 Å². The summed E-state index contributed by atoms with van der Waals surface area (Å²) in [5.74, 6) is -1.96. The Labute approximate surface area is 212 Å². The van der Waals surface area contributed by atoms with E-state index in [9.17, 15) is 23.5 Å². The van der Waals surface area contributed by atoms with Crippen LogP contribution in [-0.2, 0) is 17.8 Å². The van der Waals surface area contributed by atoms with Gasteiger partial charge in [0.25, 0.3) is 5.91 Å². The molecule has 0 saturated carbocycles. The fourth-order valence-corrected chi connectivity index (χ4v) is 4.73. The molecule has 1 saturated heterocycles. The molecule has 0 radical (unpaired) electrons. The van der Waals surface area contributed by atoms with Crippen molar-refractivity contribution in [2.75, 3.05) is 18.4 Å². The maximum Gasteiger partial charge on any atom is 0.257 e. The number of fused-ring (bicyclic) bond motifs is 1. The van der Waals surface area contributed by atoms with Gasteiger partial charge in [-0.15, -0.1) is 0 Å². The van der Waals surface area contributed by atoms with Crippen molar-refractivity contribution < 1.29 is 23.5 Å². The Balaban J connectivity index is 1.34. The van der Waals surface area contributed by atoms with Crippen LogP contribution in [0, 0.1) is 17.6 Å². The first-order valence-electron chi connectivity index (χ1n) is 12.1. The number of nitrogens with zero attached hydrogens (tertiary/aromatic N) is 3. The van der Waals surface area contributed by atoms with E-state index < -0.39 is 17.2 Å². The molecule has 10 heteroatoms. The third-order valence-electron chi connectivity index (χ3n) is 6.93. The van der Waals surface area contributed by atoms with E-state index in [-0.39, 0.29) is 53.5 Å². The van der Waals surface area contributed by atoms with Crippen molar-refractivity contribution >= 4 is 23.3 Å². The van der Waals surface area contributed by atoms with Gasteiger partial charge in [-0.05, 0) is 50.1 Å². The molecule has 8 nitrogen and oxygen atoms in total. The predicted molar refractivity (Wildman–Crippen MR) is 133 cm³/mol. The van der Waals surface area contributed by atoms with Crippen LogP contribution in [0.15, 0.2) is 42.5 Å². The second-order valence-corrected chi connectivity index (χ2v) is 9.97. The van der Waals surface area contributed by atoms with Gasteiger partial charge in [0.2, 0.25) is 5.91 Å². The molecule has 3 heterocycles. The Morgan fingerprint density at radius 2 is 1.84 bits per heavy atom. The molecule has 0 spiro atoms. The van der Waals surface area contributed by atoms with Gasteiger partial charge in [-0.25, -0.2) is 18.7 Å². The number of anilines is 2. The highest BCUT2D eigenvalue weighted by atomic mass is 19.1. The summed E-state index contributed by atoms with van der Waals surface area (Å²) in [5, 5.41) is 15.9. The van der Waals surface area contributed by atoms with Crippen LogP contribution in [0.1, 0.15) is 41.9 Å². The Morgan fingerprint density at radius 1 is 1.14 bits per heavy atom. The largest absolute Gasteiger partial charge is 0.390 e. The topological polar surface area (TPSA) is 107 Å². The summed E-state index contributed by atoms with van der Waals surface area (Å²) in [6.45, 7) is 4.82. The van der Waals surface area contributed by atoms with Crippen molar-refractivity contribution in [1.29, 1.82) is 0 Å². The number of rotatable bonds is 6. The summed E-state index contributed by atoms with van der Waals surface area (Å²) in [7, 11) is 0. The molecule has 0 unspecified atom stereocenters. The summed E-state index contributed by atoms with van der Waals surface area (Å²) in [6.07, 6.45) is 0.995. The SMILES string of the molecule is CC(C)(O)[C@@H]1CCN(C(=O)Cc2ccc(Nc3nc(-c4c(F)cccc4F)nc4c3C(=O)NC4)cc2)C1. The maximum atomic E-state index is 14.4. The van der Waals surface area contributed by atoms with Crippen molar-refractivity contribution in [3.63, 3.8) is 0 Å². The Kier molecular flexibility index (Phi) is 6.36. The van der Waals surface area contributed by atoms with Crippen LogP contribution in [-0.4, -0.2) is 50.5 Å². The Hall–Kier alpha value is -3.92. The second kappa shape index (κ2) is 9.51. The molecule has 2 amide bonds. The third kappa shape index (κ3) is 5.01. The summed E-state index contributed by atoms with van der Waals surface area (Å²) in [4.78, 5) is 35.5. The van der Waals surface area contributed by atoms with Gasteiger partial charge in [0.05, 0.1) is 29.8 Å². The Morgan fingerprint density at radius 3 is 2.49 bits per heavy atom. The molecular formula is C27H27F2N5O3. The van der Waals surface area contributed by atoms with Crippen LogP contribution in [0.4, 0.5) is 20.3 Å². The van der Waals surface area contributed by atoms with Crippen molar-refractivity contribution in [2.45, 2.75) is 38.8 Å². The third-order valence-corrected chi connectivity index (χ3v) is 6.93. The summed E-state index contributed by atoms with van der Waals surface area (Å²) < 4.78 is 28.8. The predicted octanol–water partition coefficient (Wildman–Crippen LogP) is 3.57. The van der Waals surface area contributed by atoms with E-state index >= 15 is 0 Å². The lowest BCUT2D eigenvalue weighted by Gasteiger charge is -2.25. The van der Waals surface area contributed by atoms with Crippen molar-refractivity contribution in [2.24, 2.45) is 5.92 Å². The smallest absolute Gasteiger partial charge is 0.257 e. The van der Waals surface area contributed by atoms with Gasteiger partial charge in [0.1, 0.15) is 23.0 Å². The first kappa shape index (κ1) is 24.8. The number of amides is 2. The Bertz CT molecular complexity index is 1350. The van der Waals surface area contributed by atoms with Crippen LogP contribution in [0.25, 0.3) is 11.4 Å². The van der Waals surface area contributed by atoms with Crippen LogP contribution in [0.3, 0.4) is 0 Å². The highest BCUT2D eigenvalue weighted by molar-refractivity contribution is 6.03. The normalized spacial score (nSPS) is 17.1. The fourth-order valence-electron chi connectivity index (χ4n) is 4.73. The highest BCUT2D eigenvalue weighted by Crippen LogP contribution is 2.31. The minimum Gasteiger partial charge on any atom is -0.390 e. The standard InChI is InChI=1S/C27H27F2N5O3/c1-27(2,37)16-10-11-34(14-16)21(35)12-15-6-8-17(9-7-15)31-25-23-20(13-30-26(23)36)32-24(33-25)22-18(28)4-3-5-19(22)29/h3-9,16,37H,10-14H2,1-2H3,(H,30,36)(H,31,32,33)/t16-/m1/s1. The molecule has 1 fully saturated rings. The van der Waals surface area contributed by atoms with Crippen molar-refractivity contribution in [1.82, 2.24) is 20.2 Å². The molecule has 2 aliphatic rings. The molecule has 1 atom stereocenters. The van der Waals surface area contributed by atoms with E-state index in [1.807, 2.05) is 0 Å². The number of hydrogen-bond donors (Lipinski definition) is 3. The zero-order chi connectivity index (χ0) is 26.3. The number of halogens is 2. The van der Waals surface area contributed by atoms with E-state index in [1.54, 1.807) is 43.0 Å². The zero-order valence-corrected chi connectivity index (χ0v) is 20.5. The molecule has 0 aliphatic carbocycles. The van der Waals surface area contributed by atoms with E-state index in [1.165, 1.54) is 6.07 Å². The lowest BCUT2D eigenvalue weighted by atomic mass is 9.90. The number of benzene rings is 2. The molecule has 3 N–H and O–H groups in total. The van der Waals surface area contributed by atoms with Crippen LogP contribution < -0.4 is 10.6 Å². The second-order valence-electron chi connectivity index (χ2n) is 9.97. The fraction of sp³-hybridized carbons (Fsp3) is 0.333. The van der Waals surface area contributed by atoms with E-state index in [0.29, 0.717) is 24.5 Å². The summed E-state index contributed by atoms with van der Waals surface area (Å²) >= 11 is 0. The van der Waals surface area contributed by atoms with E-state index in [2.05, 4.69) is 20.6 Å². The van der Waals surface area contributed by atoms with Crippen LogP contribution in [0.2, 0.25) is 0 Å². The van der Waals surface area contributed by atoms with Crippen LogP contribution >= 0.6 is 0 Å². The number of likely N-dealkylation sites (tertiary alicyclic amines) is 1. The number of carbonyl (C=O) groups is 2. The van der Waals surface area contributed by atoms with Gasteiger partial charge in [-0.1, -0.05) is 18.2 Å². The highest BCUT2D eigenvalue weighted by Gasteiger charge is 2.35. The van der Waals surface area contributed by atoms with Crippen molar-refractivity contribution in [3.8, 4) is 11.4 Å². The lowest BCUT2D eigenvalue weighted by molar-refractivity contribution is -0.129. The molecule has 1 aromatic heterocycles. The average molecular weight is 508 g/mol. The zero-order valence-electron chi connectivity index (χ0n) is 20.5. The lowest BCUT2D eigenvalue weighted by Crippen LogP contribution is -2.36. The number of carbonyl (C=O) groups excluding carboxylic acids is 2. The van der Waals surface area contributed by atoms with E-state index in [0.717, 1.165) is 24.1 Å². The minimum absolute atomic E-state index is 0.00527. The van der Waals surface area contributed by atoms with Gasteiger partial charge in [-0.3, -0.25) is 9.59 Å². The molecule has 2 aromatic carbocycles. The molecule has 3 aromatic rings. The van der Waals surface area contributed by atoms with Crippen molar-refractivity contribution in [3.05, 3.63) is 70.9 Å². The molecule has 2 aliphatic heterocycles. The number of aliphatic hydroxyl groups is 1. The molecule has 5 rings (SSSR count). The van der Waals surface area contributed by atoms with Gasteiger partial charge < -0.3 is 20.6 Å². The molecule has 37 heavy (non-hydrogen) atoms. The monoisotopic (exact) mass is 507 g/mol. The number of nitrogens with one attached hydrogen (secondary N) is 2. The number of aromatic nitrogens is 2. The van der Waals surface area contributed by atoms with Gasteiger partial charge >= 0.3 is 0 Å². The summed E-state index contributed by atoms with van der Waals surface area (Å²) in [6, 6.07) is 10.6. The molecular weight excluding hydrogens is 480 g/mol. The van der Waals surface area contributed by atoms with Crippen LogP contribution in [0.5, 0.6) is 0 Å². The van der Waals surface area contributed by atoms with E-state index in [4.69, 9.17) is 0 Å². The van der Waals surface area contributed by atoms with Gasteiger partial charge in [0, 0.05) is 24.7 Å².